The monoisotopic (exact) mass is 813 g/mol. The van der Waals surface area contributed by atoms with Crippen LogP contribution in [-0.2, 0) is 27.2 Å². The van der Waals surface area contributed by atoms with Crippen molar-refractivity contribution in [1.29, 1.82) is 0 Å². The molecule has 0 radical (unpaired) electrons. The van der Waals surface area contributed by atoms with Crippen LogP contribution in [-0.4, -0.2) is 114 Å². The van der Waals surface area contributed by atoms with Crippen LogP contribution in [0.4, 0.5) is 0 Å². The van der Waals surface area contributed by atoms with Gasteiger partial charge >= 0.3 is 15.2 Å². The van der Waals surface area contributed by atoms with Gasteiger partial charge in [0.15, 0.2) is 0 Å². The Morgan fingerprint density at radius 2 is 0.593 bits per heavy atom. The predicted octanol–water partition coefficient (Wildman–Crippen LogP) is 8.50. The Balaban J connectivity index is 4.76. The predicted molar refractivity (Wildman–Crippen MR) is 231 cm³/mol. The van der Waals surface area contributed by atoms with Gasteiger partial charge in [0.05, 0.1) is 38.8 Å². The Morgan fingerprint density at radius 1 is 0.352 bits per heavy atom. The lowest BCUT2D eigenvalue weighted by atomic mass is 10.1. The van der Waals surface area contributed by atoms with Crippen LogP contribution >= 0.6 is 15.2 Å². The first kappa shape index (κ1) is 54.1. The van der Waals surface area contributed by atoms with E-state index in [0.717, 1.165) is 116 Å². The van der Waals surface area contributed by atoms with Crippen LogP contribution in [0.5, 0.6) is 0 Å². The van der Waals surface area contributed by atoms with E-state index < -0.39 is 15.2 Å². The fourth-order valence-electron chi connectivity index (χ4n) is 6.28. The smallest absolute Gasteiger partial charge is 0.330 e. The standard InChI is InChI=1S/C40H90N6O6P2/c1-3-5-7-9-13-17-35-49-53(47,39-33-45(29-21-25-41)30-22-26-42)51-37-19-15-11-12-16-20-38-52-54(48,50-36-18-14-10-8-6-4-2)40-34-46(31-23-27-43)32-24-28-44/h3-44H2,1-2H3. The Bertz CT molecular complexity index is 797. The van der Waals surface area contributed by atoms with Crippen LogP contribution < -0.4 is 22.9 Å². The molecule has 326 valence electrons. The van der Waals surface area contributed by atoms with Crippen molar-refractivity contribution in [3.63, 3.8) is 0 Å². The first-order chi connectivity index (χ1) is 26.3. The minimum Gasteiger partial charge on any atom is -0.330 e. The van der Waals surface area contributed by atoms with Crippen molar-refractivity contribution in [2.45, 2.75) is 155 Å². The second-order valence-electron chi connectivity index (χ2n) is 14.9. The zero-order valence-corrected chi connectivity index (χ0v) is 37.2. The Hall–Kier alpha value is 0.0600. The molecule has 0 aliphatic carbocycles. The summed E-state index contributed by atoms with van der Waals surface area (Å²) < 4.78 is 51.7. The summed E-state index contributed by atoms with van der Waals surface area (Å²) in [6.07, 6.45) is 24.0. The third-order valence-electron chi connectivity index (χ3n) is 9.78. The third kappa shape index (κ3) is 34.1. The molecule has 0 aliphatic rings. The van der Waals surface area contributed by atoms with Crippen molar-refractivity contribution in [3.8, 4) is 0 Å². The zero-order valence-electron chi connectivity index (χ0n) is 35.4. The normalized spacial score (nSPS) is 14.3. The average Bonchev–Trinajstić information content (AvgIpc) is 3.17. The molecule has 0 amide bonds. The molecule has 0 bridgehead atoms. The maximum absolute atomic E-state index is 13.8. The summed E-state index contributed by atoms with van der Waals surface area (Å²) in [5.41, 5.74) is 23.1. The van der Waals surface area contributed by atoms with Crippen LogP contribution in [0.1, 0.15) is 155 Å². The van der Waals surface area contributed by atoms with Gasteiger partial charge in [0.1, 0.15) is 0 Å². The number of hydrogen-bond donors (Lipinski definition) is 4. The molecule has 0 aromatic rings. The molecule has 0 aromatic heterocycles. The van der Waals surface area contributed by atoms with Crippen molar-refractivity contribution in [1.82, 2.24) is 9.80 Å². The maximum Gasteiger partial charge on any atom is 0.331 e. The molecule has 0 fully saturated rings. The number of unbranched alkanes of at least 4 members (excludes halogenated alkanes) is 15. The van der Waals surface area contributed by atoms with Gasteiger partial charge in [-0.15, -0.1) is 0 Å². The van der Waals surface area contributed by atoms with Gasteiger partial charge in [-0.05, 0) is 104 Å². The highest BCUT2D eigenvalue weighted by Crippen LogP contribution is 2.49. The number of rotatable bonds is 45. The lowest BCUT2D eigenvalue weighted by Gasteiger charge is -2.25. The van der Waals surface area contributed by atoms with Gasteiger partial charge in [-0.25, -0.2) is 0 Å². The lowest BCUT2D eigenvalue weighted by molar-refractivity contribution is 0.189. The van der Waals surface area contributed by atoms with Crippen LogP contribution in [0.15, 0.2) is 0 Å². The minimum absolute atomic E-state index is 0.393. The van der Waals surface area contributed by atoms with E-state index in [1.54, 1.807) is 0 Å². The highest BCUT2D eigenvalue weighted by atomic mass is 31.2. The SMILES string of the molecule is CCCCCCCCOP(=O)(CCN(CCCN)CCCN)OCCCCCCCCOP(=O)(CCN(CCCN)CCCN)OCCCCCCCC. The molecule has 12 nitrogen and oxygen atoms in total. The van der Waals surface area contributed by atoms with E-state index in [0.29, 0.717) is 78.0 Å². The summed E-state index contributed by atoms with van der Waals surface area (Å²) in [6.45, 7) is 13.6. The maximum atomic E-state index is 13.8. The van der Waals surface area contributed by atoms with Gasteiger partial charge in [0, 0.05) is 13.1 Å². The molecule has 2 unspecified atom stereocenters. The molecule has 0 heterocycles. The Kier molecular flexibility index (Phi) is 39.9. The topological polar surface area (TPSA) is 182 Å². The van der Waals surface area contributed by atoms with E-state index in [1.165, 1.54) is 51.4 Å². The number of nitrogens with two attached hydrogens (primary N) is 4. The van der Waals surface area contributed by atoms with Gasteiger partial charge in [0.25, 0.3) is 0 Å². The van der Waals surface area contributed by atoms with Crippen molar-refractivity contribution < 1.29 is 27.2 Å². The van der Waals surface area contributed by atoms with E-state index in [2.05, 4.69) is 23.6 Å². The fourth-order valence-corrected chi connectivity index (χ4v) is 9.63. The summed E-state index contributed by atoms with van der Waals surface area (Å²) in [7, 11) is -6.40. The fraction of sp³-hybridized carbons (Fsp3) is 1.00. The van der Waals surface area contributed by atoms with Crippen LogP contribution in [0.3, 0.4) is 0 Å². The molecular formula is C40H90N6O6P2. The molecule has 2 atom stereocenters. The molecule has 54 heavy (non-hydrogen) atoms. The summed E-state index contributed by atoms with van der Waals surface area (Å²) in [4.78, 5) is 4.57. The van der Waals surface area contributed by atoms with Crippen molar-refractivity contribution in [2.24, 2.45) is 22.9 Å². The van der Waals surface area contributed by atoms with E-state index in [-0.39, 0.29) is 0 Å². The summed E-state index contributed by atoms with van der Waals surface area (Å²) in [6, 6.07) is 0. The lowest BCUT2D eigenvalue weighted by Crippen LogP contribution is -2.31. The molecular weight excluding hydrogens is 722 g/mol. The van der Waals surface area contributed by atoms with Crippen molar-refractivity contribution in [3.05, 3.63) is 0 Å². The first-order valence-electron chi connectivity index (χ1n) is 22.3. The van der Waals surface area contributed by atoms with Gasteiger partial charge < -0.3 is 50.8 Å². The van der Waals surface area contributed by atoms with E-state index in [4.69, 9.17) is 41.0 Å². The summed E-state index contributed by atoms with van der Waals surface area (Å²) in [5.74, 6) is 0. The average molecular weight is 813 g/mol. The van der Waals surface area contributed by atoms with Crippen LogP contribution in [0.25, 0.3) is 0 Å². The Labute approximate surface area is 333 Å². The van der Waals surface area contributed by atoms with Crippen LogP contribution in [0.2, 0.25) is 0 Å². The van der Waals surface area contributed by atoms with Gasteiger partial charge in [-0.2, -0.15) is 0 Å². The molecule has 14 heteroatoms. The second kappa shape index (κ2) is 39.9. The third-order valence-corrected chi connectivity index (χ3v) is 13.6. The highest BCUT2D eigenvalue weighted by Gasteiger charge is 2.27. The molecule has 0 saturated heterocycles. The van der Waals surface area contributed by atoms with Gasteiger partial charge in [0.2, 0.25) is 0 Å². The van der Waals surface area contributed by atoms with Crippen LogP contribution in [0, 0.1) is 0 Å². The van der Waals surface area contributed by atoms with E-state index >= 15 is 0 Å². The van der Waals surface area contributed by atoms with E-state index in [1.807, 2.05) is 0 Å². The van der Waals surface area contributed by atoms with Gasteiger partial charge in [-0.3, -0.25) is 9.13 Å². The largest absolute Gasteiger partial charge is 0.331 e. The second-order valence-corrected chi connectivity index (χ2v) is 19.3. The van der Waals surface area contributed by atoms with E-state index in [9.17, 15) is 9.13 Å². The van der Waals surface area contributed by atoms with Crippen molar-refractivity contribution in [2.75, 3.05) is 104 Å². The van der Waals surface area contributed by atoms with Crippen molar-refractivity contribution >= 4 is 15.2 Å². The first-order valence-corrected chi connectivity index (χ1v) is 25.8. The quantitative estimate of drug-likeness (QED) is 0.0341. The molecule has 0 aliphatic heterocycles. The summed E-state index contributed by atoms with van der Waals surface area (Å²) in [5, 5.41) is 0. The summed E-state index contributed by atoms with van der Waals surface area (Å²) >= 11 is 0. The Morgan fingerprint density at radius 3 is 0.833 bits per heavy atom. The zero-order chi connectivity index (χ0) is 39.9. The number of nitrogens with zero attached hydrogens (tertiary/aromatic N) is 2. The number of hydrogen-bond acceptors (Lipinski definition) is 12. The molecule has 0 spiro atoms. The highest BCUT2D eigenvalue weighted by molar-refractivity contribution is 7.54. The molecule has 8 N–H and O–H groups in total. The molecule has 0 rings (SSSR count). The molecule has 0 saturated carbocycles. The molecule has 0 aromatic carbocycles. The minimum atomic E-state index is -3.20. The van der Waals surface area contributed by atoms with Gasteiger partial charge in [-0.1, -0.05) is 104 Å².